The fourth-order valence-corrected chi connectivity index (χ4v) is 2.19. The van der Waals surface area contributed by atoms with Crippen LogP contribution in [0.15, 0.2) is 11.8 Å². The van der Waals surface area contributed by atoms with Gasteiger partial charge in [0.15, 0.2) is 0 Å². The molecule has 0 spiro atoms. The van der Waals surface area contributed by atoms with Crippen molar-refractivity contribution in [3.05, 3.63) is 11.8 Å². The maximum absolute atomic E-state index is 9.67. The molecule has 2 heteroatoms. The number of rotatable bonds is 7. The zero-order chi connectivity index (χ0) is 11.2. The number of aliphatic hydroxyl groups is 1. The van der Waals surface area contributed by atoms with Crippen molar-refractivity contribution < 1.29 is 5.11 Å². The minimum Gasteiger partial charge on any atom is -0.393 e. The Labute approximate surface area is 90.2 Å². The summed E-state index contributed by atoms with van der Waals surface area (Å²) in [4.78, 5) is 0. The Morgan fingerprint density at radius 2 is 1.86 bits per heavy atom. The smallest absolute Gasteiger partial charge is 0.0716 e. The lowest BCUT2D eigenvalue weighted by Gasteiger charge is -2.20. The fourth-order valence-electron chi connectivity index (χ4n) is 1.30. The third kappa shape index (κ3) is 6.38. The average Bonchev–Trinajstić information content (AvgIpc) is 2.09. The molecule has 0 fully saturated rings. The molecule has 0 aliphatic carbocycles. The van der Waals surface area contributed by atoms with Gasteiger partial charge in [-0.3, -0.25) is 0 Å². The third-order valence-electron chi connectivity index (χ3n) is 2.73. The molecule has 1 nitrogen and oxygen atoms in total. The van der Waals surface area contributed by atoms with Crippen LogP contribution in [-0.4, -0.2) is 19.3 Å². The van der Waals surface area contributed by atoms with Gasteiger partial charge in [-0.1, -0.05) is 44.6 Å². The molecule has 0 rings (SSSR count). The van der Waals surface area contributed by atoms with Crippen LogP contribution in [0.4, 0.5) is 0 Å². The maximum Gasteiger partial charge on any atom is 0.0716 e. The zero-order valence-electron chi connectivity index (χ0n) is 10.3. The highest BCUT2D eigenvalue weighted by molar-refractivity contribution is 6.82. The molecular weight excluding hydrogens is 188 g/mol. The Morgan fingerprint density at radius 1 is 1.29 bits per heavy atom. The molecule has 0 aromatic rings. The van der Waals surface area contributed by atoms with E-state index in [9.17, 15) is 5.11 Å². The van der Waals surface area contributed by atoms with Crippen molar-refractivity contribution in [2.24, 2.45) is 0 Å². The highest BCUT2D eigenvalue weighted by Crippen LogP contribution is 2.19. The first kappa shape index (κ1) is 13.9. The number of hydrogen-bond acceptors (Lipinski definition) is 1. The van der Waals surface area contributed by atoms with E-state index in [-0.39, 0.29) is 6.10 Å². The third-order valence-corrected chi connectivity index (χ3v) is 5.10. The van der Waals surface area contributed by atoms with Gasteiger partial charge in [-0.25, -0.2) is 0 Å². The van der Waals surface area contributed by atoms with Crippen LogP contribution in [0.1, 0.15) is 39.0 Å². The van der Waals surface area contributed by atoms with Gasteiger partial charge in [0.1, 0.15) is 0 Å². The van der Waals surface area contributed by atoms with Crippen LogP contribution < -0.4 is 0 Å². The van der Waals surface area contributed by atoms with Crippen LogP contribution in [0.3, 0.4) is 0 Å². The second kappa shape index (κ2) is 6.41. The molecule has 0 amide bonds. The van der Waals surface area contributed by atoms with Gasteiger partial charge >= 0.3 is 0 Å². The van der Waals surface area contributed by atoms with Crippen molar-refractivity contribution in [2.75, 3.05) is 0 Å². The van der Waals surface area contributed by atoms with Crippen LogP contribution in [0, 0.1) is 0 Å². The maximum atomic E-state index is 9.67. The number of allylic oxidation sites excluding steroid dienone is 1. The summed E-state index contributed by atoms with van der Waals surface area (Å²) < 4.78 is 0. The highest BCUT2D eigenvalue weighted by atomic mass is 28.3. The minimum absolute atomic E-state index is 0.108. The van der Waals surface area contributed by atoms with E-state index in [1.165, 1.54) is 11.6 Å². The minimum atomic E-state index is -1.16. The van der Waals surface area contributed by atoms with Gasteiger partial charge in [-0.2, -0.15) is 0 Å². The molecule has 1 unspecified atom stereocenters. The average molecular weight is 214 g/mol. The monoisotopic (exact) mass is 214 g/mol. The van der Waals surface area contributed by atoms with Crippen molar-refractivity contribution in [2.45, 2.75) is 64.8 Å². The second-order valence-electron chi connectivity index (χ2n) is 5.19. The standard InChI is InChI=1S/C12H26OSi/c1-6-7-8-12(13)10-9-11(2)14(3,4)5/h12-13H,2,6-10H2,1,3-5H3. The van der Waals surface area contributed by atoms with Crippen molar-refractivity contribution >= 4 is 8.07 Å². The van der Waals surface area contributed by atoms with Crippen molar-refractivity contribution in [1.82, 2.24) is 0 Å². The molecule has 0 aromatic heterocycles. The summed E-state index contributed by atoms with van der Waals surface area (Å²) in [5.74, 6) is 0. The Kier molecular flexibility index (Phi) is 6.37. The van der Waals surface area contributed by atoms with Crippen molar-refractivity contribution in [1.29, 1.82) is 0 Å². The van der Waals surface area contributed by atoms with Gasteiger partial charge in [-0.05, 0) is 19.3 Å². The Bertz CT molecular complexity index is 170. The molecule has 0 heterocycles. The molecule has 1 N–H and O–H groups in total. The molecular formula is C12H26OSi. The molecule has 14 heavy (non-hydrogen) atoms. The lowest BCUT2D eigenvalue weighted by Crippen LogP contribution is -2.24. The molecule has 0 aliphatic heterocycles. The van der Waals surface area contributed by atoms with Crippen LogP contribution in [-0.2, 0) is 0 Å². The van der Waals surface area contributed by atoms with Gasteiger partial charge in [0.25, 0.3) is 0 Å². The van der Waals surface area contributed by atoms with Gasteiger partial charge in [0.2, 0.25) is 0 Å². The number of unbranched alkanes of at least 4 members (excludes halogenated alkanes) is 1. The molecule has 0 saturated carbocycles. The van der Waals surface area contributed by atoms with Crippen LogP contribution in [0.2, 0.25) is 19.6 Å². The summed E-state index contributed by atoms with van der Waals surface area (Å²) in [5.41, 5.74) is 0. The second-order valence-corrected chi connectivity index (χ2v) is 10.4. The van der Waals surface area contributed by atoms with Crippen LogP contribution in [0.5, 0.6) is 0 Å². The fraction of sp³-hybridized carbons (Fsp3) is 0.833. The quantitative estimate of drug-likeness (QED) is 0.640. The predicted molar refractivity (Wildman–Crippen MR) is 67.3 cm³/mol. The molecule has 0 saturated heterocycles. The summed E-state index contributed by atoms with van der Waals surface area (Å²) in [6.07, 6.45) is 5.08. The Morgan fingerprint density at radius 3 is 2.29 bits per heavy atom. The summed E-state index contributed by atoms with van der Waals surface area (Å²) in [6, 6.07) is 0. The van der Waals surface area contributed by atoms with Crippen LogP contribution >= 0.6 is 0 Å². The lowest BCUT2D eigenvalue weighted by atomic mass is 10.1. The van der Waals surface area contributed by atoms with E-state index in [4.69, 9.17) is 0 Å². The van der Waals surface area contributed by atoms with E-state index in [1.54, 1.807) is 0 Å². The molecule has 0 bridgehead atoms. The topological polar surface area (TPSA) is 20.2 Å². The highest BCUT2D eigenvalue weighted by Gasteiger charge is 2.17. The van der Waals surface area contributed by atoms with E-state index in [0.717, 1.165) is 25.7 Å². The van der Waals surface area contributed by atoms with E-state index >= 15 is 0 Å². The zero-order valence-corrected chi connectivity index (χ0v) is 11.3. The van der Waals surface area contributed by atoms with Crippen molar-refractivity contribution in [3.63, 3.8) is 0 Å². The van der Waals surface area contributed by atoms with E-state index in [0.29, 0.717) is 0 Å². The molecule has 0 aromatic carbocycles. The molecule has 1 atom stereocenters. The van der Waals surface area contributed by atoms with Crippen LogP contribution in [0.25, 0.3) is 0 Å². The largest absolute Gasteiger partial charge is 0.393 e. The molecule has 0 aliphatic rings. The summed E-state index contributed by atoms with van der Waals surface area (Å²) in [7, 11) is -1.16. The number of hydrogen-bond donors (Lipinski definition) is 1. The Balaban J connectivity index is 3.67. The first-order chi connectivity index (χ1) is 6.38. The predicted octanol–water partition coefficient (Wildman–Crippen LogP) is 3.75. The van der Waals surface area contributed by atoms with E-state index < -0.39 is 8.07 Å². The first-order valence-corrected chi connectivity index (χ1v) is 9.24. The summed E-state index contributed by atoms with van der Waals surface area (Å²) in [5, 5.41) is 11.1. The summed E-state index contributed by atoms with van der Waals surface area (Å²) in [6.45, 7) is 13.2. The number of aliphatic hydroxyl groups excluding tert-OH is 1. The van der Waals surface area contributed by atoms with Gasteiger partial charge in [-0.15, -0.1) is 6.58 Å². The van der Waals surface area contributed by atoms with Gasteiger partial charge < -0.3 is 5.11 Å². The van der Waals surface area contributed by atoms with E-state index in [1.807, 2.05) is 0 Å². The SMILES string of the molecule is C=C(CCC(O)CCCC)[Si](C)(C)C. The van der Waals surface area contributed by atoms with E-state index in [2.05, 4.69) is 33.1 Å². The van der Waals surface area contributed by atoms with Gasteiger partial charge in [0, 0.05) is 0 Å². The first-order valence-electron chi connectivity index (χ1n) is 5.74. The normalized spacial score (nSPS) is 14.1. The van der Waals surface area contributed by atoms with Gasteiger partial charge in [0.05, 0.1) is 14.2 Å². The molecule has 84 valence electrons. The molecule has 0 radical (unpaired) electrons. The summed E-state index contributed by atoms with van der Waals surface area (Å²) >= 11 is 0. The lowest BCUT2D eigenvalue weighted by molar-refractivity contribution is 0.152. The van der Waals surface area contributed by atoms with Crippen molar-refractivity contribution in [3.8, 4) is 0 Å². The Hall–Kier alpha value is -0.0831.